The molecule has 96 valence electrons. The molecule has 0 unspecified atom stereocenters. The number of para-hydroxylation sites is 1. The summed E-state index contributed by atoms with van der Waals surface area (Å²) in [6, 6.07) is 5.90. The molecule has 0 saturated carbocycles. The van der Waals surface area contributed by atoms with Crippen molar-refractivity contribution in [1.29, 1.82) is 0 Å². The summed E-state index contributed by atoms with van der Waals surface area (Å²) >= 11 is 0. The Morgan fingerprint density at radius 3 is 2.67 bits per heavy atom. The topological polar surface area (TPSA) is 44.4 Å². The molecule has 1 saturated heterocycles. The number of fused-ring (bicyclic) bond motifs is 1. The molecule has 4 heteroatoms. The first-order chi connectivity index (χ1) is 8.86. The van der Waals surface area contributed by atoms with Gasteiger partial charge >= 0.3 is 0 Å². The van der Waals surface area contributed by atoms with Crippen LogP contribution < -0.4 is 10.6 Å². The van der Waals surface area contributed by atoms with E-state index >= 15 is 0 Å². The predicted molar refractivity (Wildman–Crippen MR) is 73.2 cm³/mol. The molecule has 0 atom stereocenters. The Kier molecular flexibility index (Phi) is 3.09. The second kappa shape index (κ2) is 4.88. The monoisotopic (exact) mass is 245 g/mol. The first kappa shape index (κ1) is 11.4. The maximum Gasteiger partial charge on any atom is 0.256 e. The van der Waals surface area contributed by atoms with Gasteiger partial charge in [-0.2, -0.15) is 0 Å². The van der Waals surface area contributed by atoms with E-state index in [9.17, 15) is 4.79 Å². The minimum Gasteiger partial charge on any atom is -0.382 e. The molecular weight excluding hydrogens is 226 g/mol. The van der Waals surface area contributed by atoms with Crippen molar-refractivity contribution in [1.82, 2.24) is 4.90 Å². The zero-order valence-corrected chi connectivity index (χ0v) is 10.5. The number of hydrogen-bond acceptors (Lipinski definition) is 3. The normalized spacial score (nSPS) is 18.6. The van der Waals surface area contributed by atoms with Crippen LogP contribution in [0.3, 0.4) is 0 Å². The maximum atomic E-state index is 12.5. The summed E-state index contributed by atoms with van der Waals surface area (Å²) in [5.41, 5.74) is 2.82. The third kappa shape index (κ3) is 2.03. The number of amides is 1. The van der Waals surface area contributed by atoms with Crippen LogP contribution >= 0.6 is 0 Å². The van der Waals surface area contributed by atoms with Gasteiger partial charge in [-0.1, -0.05) is 6.07 Å². The smallest absolute Gasteiger partial charge is 0.256 e. The van der Waals surface area contributed by atoms with Crippen LogP contribution in [0.4, 0.5) is 11.4 Å². The summed E-state index contributed by atoms with van der Waals surface area (Å²) in [5, 5.41) is 6.67. The van der Waals surface area contributed by atoms with Crippen molar-refractivity contribution in [3.8, 4) is 0 Å². The highest BCUT2D eigenvalue weighted by Crippen LogP contribution is 2.29. The number of nitrogens with zero attached hydrogens (tertiary/aromatic N) is 1. The van der Waals surface area contributed by atoms with Crippen LogP contribution in [-0.4, -0.2) is 37.0 Å². The van der Waals surface area contributed by atoms with Crippen molar-refractivity contribution in [2.24, 2.45) is 0 Å². The summed E-state index contributed by atoms with van der Waals surface area (Å²) in [7, 11) is 0. The van der Waals surface area contributed by atoms with Gasteiger partial charge in [-0.15, -0.1) is 0 Å². The zero-order chi connectivity index (χ0) is 12.4. The summed E-state index contributed by atoms with van der Waals surface area (Å²) in [5.74, 6) is 0.169. The van der Waals surface area contributed by atoms with E-state index in [2.05, 4.69) is 10.6 Å². The predicted octanol–water partition coefficient (Wildman–Crippen LogP) is 2.15. The van der Waals surface area contributed by atoms with Crippen LogP contribution in [0.15, 0.2) is 18.2 Å². The van der Waals surface area contributed by atoms with Crippen molar-refractivity contribution in [2.45, 2.75) is 19.3 Å². The molecule has 3 rings (SSSR count). The minimum absolute atomic E-state index is 0.169. The molecule has 1 aromatic carbocycles. The number of piperidine rings is 1. The van der Waals surface area contributed by atoms with Gasteiger partial charge in [-0.3, -0.25) is 4.79 Å². The molecule has 0 bridgehead atoms. The Hall–Kier alpha value is -1.71. The van der Waals surface area contributed by atoms with E-state index in [1.54, 1.807) is 0 Å². The Labute approximate surface area is 107 Å². The molecule has 0 radical (unpaired) electrons. The molecule has 1 amide bonds. The molecular formula is C14H19N3O. The molecule has 2 heterocycles. The average molecular weight is 245 g/mol. The fraction of sp³-hybridized carbons (Fsp3) is 0.500. The van der Waals surface area contributed by atoms with Gasteiger partial charge < -0.3 is 15.5 Å². The largest absolute Gasteiger partial charge is 0.382 e. The standard InChI is InChI=1S/C14H19N3O/c18-14(17-9-2-1-3-10-17)11-5-4-6-12-13(11)16-8-7-15-12/h4-6,15-16H,1-3,7-10H2. The molecule has 2 aliphatic rings. The van der Waals surface area contributed by atoms with Gasteiger partial charge in [0.05, 0.1) is 16.9 Å². The molecule has 4 nitrogen and oxygen atoms in total. The van der Waals surface area contributed by atoms with Crippen LogP contribution in [0.2, 0.25) is 0 Å². The van der Waals surface area contributed by atoms with Crippen molar-refractivity contribution >= 4 is 17.3 Å². The van der Waals surface area contributed by atoms with Crippen LogP contribution in [0.1, 0.15) is 29.6 Å². The van der Waals surface area contributed by atoms with Crippen LogP contribution in [0.5, 0.6) is 0 Å². The number of benzene rings is 1. The Balaban J connectivity index is 1.89. The fourth-order valence-electron chi connectivity index (χ4n) is 2.72. The highest BCUT2D eigenvalue weighted by Gasteiger charge is 2.22. The lowest BCUT2D eigenvalue weighted by Gasteiger charge is -2.29. The number of nitrogens with one attached hydrogen (secondary N) is 2. The van der Waals surface area contributed by atoms with Crippen molar-refractivity contribution in [2.75, 3.05) is 36.8 Å². The van der Waals surface area contributed by atoms with Crippen molar-refractivity contribution in [3.05, 3.63) is 23.8 Å². The lowest BCUT2D eigenvalue weighted by Crippen LogP contribution is -2.36. The van der Waals surface area contributed by atoms with E-state index in [0.717, 1.165) is 56.0 Å². The van der Waals surface area contributed by atoms with E-state index in [-0.39, 0.29) is 5.91 Å². The van der Waals surface area contributed by atoms with Crippen molar-refractivity contribution in [3.63, 3.8) is 0 Å². The highest BCUT2D eigenvalue weighted by atomic mass is 16.2. The van der Waals surface area contributed by atoms with Gasteiger partial charge in [0.1, 0.15) is 0 Å². The molecule has 2 aliphatic heterocycles. The summed E-state index contributed by atoms with van der Waals surface area (Å²) in [6.45, 7) is 3.58. The molecule has 0 aliphatic carbocycles. The lowest BCUT2D eigenvalue weighted by atomic mass is 10.1. The number of likely N-dealkylation sites (tertiary alicyclic amines) is 1. The summed E-state index contributed by atoms with van der Waals surface area (Å²) < 4.78 is 0. The van der Waals surface area contributed by atoms with Gasteiger partial charge in [-0.25, -0.2) is 0 Å². The second-order valence-electron chi connectivity index (χ2n) is 4.93. The molecule has 1 aromatic rings. The summed E-state index contributed by atoms with van der Waals surface area (Å²) in [4.78, 5) is 14.5. The Morgan fingerprint density at radius 2 is 1.83 bits per heavy atom. The first-order valence-corrected chi connectivity index (χ1v) is 6.76. The number of carbonyl (C=O) groups excluding carboxylic acids is 1. The number of rotatable bonds is 1. The van der Waals surface area contributed by atoms with Gasteiger partial charge in [0.2, 0.25) is 0 Å². The first-order valence-electron chi connectivity index (χ1n) is 6.76. The minimum atomic E-state index is 0.169. The van der Waals surface area contributed by atoms with Gasteiger partial charge in [0.15, 0.2) is 0 Å². The van der Waals surface area contributed by atoms with Gasteiger partial charge in [-0.05, 0) is 31.4 Å². The molecule has 0 aromatic heterocycles. The van der Waals surface area contributed by atoms with E-state index in [1.165, 1.54) is 6.42 Å². The molecule has 1 fully saturated rings. The number of carbonyl (C=O) groups is 1. The molecule has 2 N–H and O–H groups in total. The Bertz CT molecular complexity index is 452. The second-order valence-corrected chi connectivity index (χ2v) is 4.93. The number of hydrogen-bond donors (Lipinski definition) is 2. The lowest BCUT2D eigenvalue weighted by molar-refractivity contribution is 0.0725. The van der Waals surface area contributed by atoms with E-state index in [0.29, 0.717) is 0 Å². The summed E-state index contributed by atoms with van der Waals surface area (Å²) in [6.07, 6.45) is 3.51. The fourth-order valence-corrected chi connectivity index (χ4v) is 2.72. The molecule has 0 spiro atoms. The molecule has 18 heavy (non-hydrogen) atoms. The maximum absolute atomic E-state index is 12.5. The van der Waals surface area contributed by atoms with Gasteiger partial charge in [0, 0.05) is 26.2 Å². The third-order valence-electron chi connectivity index (χ3n) is 3.68. The van der Waals surface area contributed by atoms with Crippen molar-refractivity contribution < 1.29 is 4.79 Å². The third-order valence-corrected chi connectivity index (χ3v) is 3.68. The average Bonchev–Trinajstić information content (AvgIpc) is 2.47. The van der Waals surface area contributed by atoms with Gasteiger partial charge in [0.25, 0.3) is 5.91 Å². The van der Waals surface area contributed by atoms with Crippen LogP contribution in [0, 0.1) is 0 Å². The quantitative estimate of drug-likeness (QED) is 0.797. The van der Waals surface area contributed by atoms with Crippen LogP contribution in [-0.2, 0) is 0 Å². The van der Waals surface area contributed by atoms with Crippen LogP contribution in [0.25, 0.3) is 0 Å². The van der Waals surface area contributed by atoms with E-state index in [4.69, 9.17) is 0 Å². The zero-order valence-electron chi connectivity index (χ0n) is 10.5. The van der Waals surface area contributed by atoms with E-state index in [1.807, 2.05) is 23.1 Å². The van der Waals surface area contributed by atoms with E-state index < -0.39 is 0 Å². The highest BCUT2D eigenvalue weighted by molar-refractivity contribution is 6.02. The Morgan fingerprint density at radius 1 is 1.06 bits per heavy atom. The number of anilines is 2. The SMILES string of the molecule is O=C(c1cccc2c1NCCN2)N1CCCCC1.